The minimum absolute atomic E-state index is 0.0523. The van der Waals surface area contributed by atoms with Gasteiger partial charge in [0.15, 0.2) is 0 Å². The molecular weight excluding hydrogens is 292 g/mol. The molecule has 0 saturated carbocycles. The summed E-state index contributed by atoms with van der Waals surface area (Å²) in [6.45, 7) is 5.20. The van der Waals surface area contributed by atoms with Crippen LogP contribution in [0.3, 0.4) is 0 Å². The Labute approximate surface area is 123 Å². The van der Waals surface area contributed by atoms with Crippen molar-refractivity contribution in [3.8, 4) is 0 Å². The predicted molar refractivity (Wildman–Crippen MR) is 78.7 cm³/mol. The molecule has 1 heterocycles. The summed E-state index contributed by atoms with van der Waals surface area (Å²) in [4.78, 5) is 12.2. The van der Waals surface area contributed by atoms with Gasteiger partial charge in [-0.25, -0.2) is 13.6 Å². The topological polar surface area (TPSA) is 102 Å². The number of amides is 1. The second-order valence-corrected chi connectivity index (χ2v) is 6.36. The molecule has 0 bridgehead atoms. The Hall–Kier alpha value is -2.12. The van der Waals surface area contributed by atoms with Gasteiger partial charge in [0.2, 0.25) is 10.0 Å². The number of primary sulfonamides is 1. The summed E-state index contributed by atoms with van der Waals surface area (Å²) in [6, 6.07) is 5.95. The number of hydrogen-bond donors (Lipinski definition) is 2. The van der Waals surface area contributed by atoms with Gasteiger partial charge in [0.25, 0.3) is 5.91 Å². The van der Waals surface area contributed by atoms with E-state index in [4.69, 9.17) is 9.56 Å². The summed E-state index contributed by atoms with van der Waals surface area (Å²) >= 11 is 0. The molecule has 1 aromatic heterocycles. The maximum atomic E-state index is 12.2. The largest absolute Gasteiger partial charge is 0.466 e. The summed E-state index contributed by atoms with van der Waals surface area (Å²) in [5.74, 6) is 0.775. The fraction of sp³-hybridized carbons (Fsp3) is 0.214. The minimum atomic E-state index is -3.82. The van der Waals surface area contributed by atoms with Crippen LogP contribution in [0.15, 0.2) is 33.6 Å². The smallest absolute Gasteiger partial charge is 0.259 e. The molecule has 1 amide bonds. The highest BCUT2D eigenvalue weighted by Gasteiger charge is 2.16. The lowest BCUT2D eigenvalue weighted by atomic mass is 10.2. The van der Waals surface area contributed by atoms with Crippen LogP contribution in [0.2, 0.25) is 0 Å². The number of furan rings is 1. The lowest BCUT2D eigenvalue weighted by Crippen LogP contribution is -2.15. The van der Waals surface area contributed by atoms with Gasteiger partial charge in [0.1, 0.15) is 11.5 Å². The minimum Gasteiger partial charge on any atom is -0.466 e. The summed E-state index contributed by atoms with van der Waals surface area (Å²) < 4.78 is 28.0. The average Bonchev–Trinajstić information content (AvgIpc) is 2.70. The highest BCUT2D eigenvalue weighted by molar-refractivity contribution is 7.89. The number of hydrogen-bond acceptors (Lipinski definition) is 4. The third-order valence-electron chi connectivity index (χ3n) is 3.07. The molecule has 7 heteroatoms. The Kier molecular flexibility index (Phi) is 3.89. The first-order chi connectivity index (χ1) is 9.68. The van der Waals surface area contributed by atoms with Crippen LogP contribution in [0.5, 0.6) is 0 Å². The number of benzene rings is 1. The predicted octanol–water partition coefficient (Wildman–Crippen LogP) is 2.10. The van der Waals surface area contributed by atoms with Crippen molar-refractivity contribution in [2.75, 3.05) is 5.32 Å². The number of nitrogens with two attached hydrogens (primary N) is 1. The normalized spacial score (nSPS) is 11.4. The first-order valence-electron chi connectivity index (χ1n) is 6.20. The Bertz CT molecular complexity index is 806. The Morgan fingerprint density at radius 3 is 2.38 bits per heavy atom. The fourth-order valence-corrected chi connectivity index (χ4v) is 2.50. The van der Waals surface area contributed by atoms with Crippen molar-refractivity contribution >= 4 is 21.6 Å². The first kappa shape index (κ1) is 15.3. The van der Waals surface area contributed by atoms with E-state index < -0.39 is 10.0 Å². The maximum Gasteiger partial charge on any atom is 0.259 e. The Morgan fingerprint density at radius 1 is 1.19 bits per heavy atom. The van der Waals surface area contributed by atoms with Gasteiger partial charge in [-0.1, -0.05) is 6.07 Å². The fourth-order valence-electron chi connectivity index (χ4n) is 1.96. The summed E-state index contributed by atoms with van der Waals surface area (Å²) in [5, 5.41) is 7.76. The van der Waals surface area contributed by atoms with E-state index in [-0.39, 0.29) is 10.8 Å². The molecule has 2 aromatic rings. The molecule has 6 nitrogen and oxygen atoms in total. The maximum absolute atomic E-state index is 12.2. The number of carbonyl (C=O) groups is 1. The van der Waals surface area contributed by atoms with Crippen molar-refractivity contribution in [2.45, 2.75) is 25.7 Å². The number of anilines is 1. The van der Waals surface area contributed by atoms with E-state index in [9.17, 15) is 13.2 Å². The van der Waals surface area contributed by atoms with E-state index in [0.717, 1.165) is 5.56 Å². The van der Waals surface area contributed by atoms with Gasteiger partial charge in [-0.2, -0.15) is 0 Å². The van der Waals surface area contributed by atoms with E-state index in [2.05, 4.69) is 5.32 Å². The summed E-state index contributed by atoms with van der Waals surface area (Å²) in [6.07, 6.45) is 0. The second kappa shape index (κ2) is 5.34. The van der Waals surface area contributed by atoms with E-state index >= 15 is 0 Å². The molecule has 3 N–H and O–H groups in total. The molecule has 0 aliphatic heterocycles. The van der Waals surface area contributed by atoms with Crippen LogP contribution < -0.4 is 10.5 Å². The molecule has 2 rings (SSSR count). The molecule has 0 aliphatic rings. The van der Waals surface area contributed by atoms with Crippen LogP contribution in [0.4, 0.5) is 5.69 Å². The van der Waals surface area contributed by atoms with Crippen molar-refractivity contribution < 1.29 is 17.6 Å². The molecular formula is C14H16N2O4S. The Balaban J connectivity index is 2.35. The SMILES string of the molecule is Cc1cc(C(=O)Nc2cc(S(N)(=O)=O)ccc2C)c(C)o1. The molecule has 112 valence electrons. The van der Waals surface area contributed by atoms with Gasteiger partial charge in [0, 0.05) is 5.69 Å². The quantitative estimate of drug-likeness (QED) is 0.906. The highest BCUT2D eigenvalue weighted by atomic mass is 32.2. The molecule has 0 unspecified atom stereocenters. The Morgan fingerprint density at radius 2 is 1.86 bits per heavy atom. The van der Waals surface area contributed by atoms with E-state index in [1.54, 1.807) is 32.9 Å². The number of nitrogens with one attached hydrogen (secondary N) is 1. The van der Waals surface area contributed by atoms with Crippen molar-refractivity contribution in [1.29, 1.82) is 0 Å². The van der Waals surface area contributed by atoms with Gasteiger partial charge in [-0.05, 0) is 44.5 Å². The molecule has 0 radical (unpaired) electrons. The van der Waals surface area contributed by atoms with Gasteiger partial charge in [-0.3, -0.25) is 4.79 Å². The molecule has 0 atom stereocenters. The lowest BCUT2D eigenvalue weighted by molar-refractivity contribution is 0.102. The zero-order valence-corrected chi connectivity index (χ0v) is 12.7. The van der Waals surface area contributed by atoms with E-state index in [1.165, 1.54) is 12.1 Å². The van der Waals surface area contributed by atoms with E-state index in [1.807, 2.05) is 0 Å². The highest BCUT2D eigenvalue weighted by Crippen LogP contribution is 2.21. The molecule has 1 aromatic carbocycles. The standard InChI is InChI=1S/C14H16N2O4S/c1-8-4-5-11(21(15,18)19)7-13(8)16-14(17)12-6-9(2)20-10(12)3/h4-7H,1-3H3,(H,16,17)(H2,15,18,19). The molecule has 0 fully saturated rings. The molecule has 21 heavy (non-hydrogen) atoms. The molecule has 0 spiro atoms. The van der Waals surface area contributed by atoms with E-state index in [0.29, 0.717) is 22.8 Å². The summed E-state index contributed by atoms with van der Waals surface area (Å²) in [5.41, 5.74) is 1.53. The third kappa shape index (κ3) is 3.32. The van der Waals surface area contributed by atoms with Gasteiger partial charge in [-0.15, -0.1) is 0 Å². The monoisotopic (exact) mass is 308 g/mol. The molecule has 0 saturated heterocycles. The second-order valence-electron chi connectivity index (χ2n) is 4.80. The van der Waals surface area contributed by atoms with Gasteiger partial charge in [0.05, 0.1) is 10.5 Å². The van der Waals surface area contributed by atoms with Gasteiger partial charge < -0.3 is 9.73 Å². The van der Waals surface area contributed by atoms with Crippen LogP contribution in [0.1, 0.15) is 27.4 Å². The van der Waals surface area contributed by atoms with Crippen LogP contribution in [-0.4, -0.2) is 14.3 Å². The van der Waals surface area contributed by atoms with Crippen LogP contribution in [-0.2, 0) is 10.0 Å². The molecule has 0 aliphatic carbocycles. The van der Waals surface area contributed by atoms with Crippen molar-refractivity contribution in [2.24, 2.45) is 5.14 Å². The van der Waals surface area contributed by atoms with Crippen LogP contribution in [0, 0.1) is 20.8 Å². The first-order valence-corrected chi connectivity index (χ1v) is 7.75. The number of aryl methyl sites for hydroxylation is 3. The van der Waals surface area contributed by atoms with Gasteiger partial charge >= 0.3 is 0 Å². The third-order valence-corrected chi connectivity index (χ3v) is 3.98. The van der Waals surface area contributed by atoms with Crippen LogP contribution in [0.25, 0.3) is 0 Å². The van der Waals surface area contributed by atoms with Crippen LogP contribution >= 0.6 is 0 Å². The zero-order chi connectivity index (χ0) is 15.8. The zero-order valence-electron chi connectivity index (χ0n) is 11.9. The number of carbonyl (C=O) groups excluding carboxylic acids is 1. The number of rotatable bonds is 3. The number of sulfonamides is 1. The van der Waals surface area contributed by atoms with Crippen molar-refractivity contribution in [1.82, 2.24) is 0 Å². The lowest BCUT2D eigenvalue weighted by Gasteiger charge is -2.09. The van der Waals surface area contributed by atoms with Crippen molar-refractivity contribution in [3.05, 3.63) is 46.9 Å². The summed E-state index contributed by atoms with van der Waals surface area (Å²) in [7, 11) is -3.82. The average molecular weight is 308 g/mol. The van der Waals surface area contributed by atoms with Crippen molar-refractivity contribution in [3.63, 3.8) is 0 Å².